The third-order valence-corrected chi connectivity index (χ3v) is 6.00. The summed E-state index contributed by atoms with van der Waals surface area (Å²) >= 11 is 1.64. The van der Waals surface area contributed by atoms with Crippen LogP contribution in [0.5, 0.6) is 0 Å². The fourth-order valence-corrected chi connectivity index (χ4v) is 4.20. The van der Waals surface area contributed by atoms with E-state index in [0.717, 1.165) is 46.9 Å². The van der Waals surface area contributed by atoms with E-state index in [4.69, 9.17) is 4.74 Å². The van der Waals surface area contributed by atoms with Gasteiger partial charge in [0.25, 0.3) is 0 Å². The predicted octanol–water partition coefficient (Wildman–Crippen LogP) is 4.74. The van der Waals surface area contributed by atoms with E-state index < -0.39 is 11.7 Å². The molecule has 0 spiro atoms. The molecule has 0 saturated heterocycles. The molecule has 0 atom stereocenters. The summed E-state index contributed by atoms with van der Waals surface area (Å²) in [5, 5.41) is 12.3. The summed E-state index contributed by atoms with van der Waals surface area (Å²) in [6.45, 7) is 9.93. The molecular weight excluding hydrogens is 398 g/mol. The van der Waals surface area contributed by atoms with E-state index in [1.807, 2.05) is 33.2 Å². The number of carbonyl (C=O) groups excluding carboxylic acids is 1. The maximum absolute atomic E-state index is 12.2. The van der Waals surface area contributed by atoms with Gasteiger partial charge < -0.3 is 20.1 Å². The average Bonchev–Trinajstić information content (AvgIpc) is 3.40. The first-order chi connectivity index (χ1) is 14.3. The van der Waals surface area contributed by atoms with Gasteiger partial charge in [-0.1, -0.05) is 12.1 Å². The summed E-state index contributed by atoms with van der Waals surface area (Å²) in [4.78, 5) is 20.1. The van der Waals surface area contributed by atoms with Crippen LogP contribution in [0.4, 0.5) is 10.5 Å². The van der Waals surface area contributed by atoms with E-state index >= 15 is 0 Å². The van der Waals surface area contributed by atoms with Crippen molar-refractivity contribution in [2.45, 2.75) is 59.1 Å². The number of aromatic nitrogens is 1. The Kier molecular flexibility index (Phi) is 7.36. The number of alkyl carbamates (subject to hydrolysis) is 1. The minimum atomic E-state index is -0.528. The highest BCUT2D eigenvalue weighted by molar-refractivity contribution is 7.13. The van der Waals surface area contributed by atoms with Crippen molar-refractivity contribution in [3.8, 4) is 10.4 Å². The fourth-order valence-electron chi connectivity index (χ4n) is 3.39. The van der Waals surface area contributed by atoms with Gasteiger partial charge >= 0.3 is 6.09 Å². The Labute approximate surface area is 183 Å². The number of aryl methyl sites for hydroxylation is 1. The van der Waals surface area contributed by atoms with E-state index in [9.17, 15) is 9.90 Å². The predicted molar refractivity (Wildman–Crippen MR) is 122 cm³/mol. The zero-order valence-corrected chi connectivity index (χ0v) is 19.2. The van der Waals surface area contributed by atoms with Crippen molar-refractivity contribution in [1.29, 1.82) is 0 Å². The number of anilines is 1. The number of amides is 1. The molecule has 30 heavy (non-hydrogen) atoms. The molecule has 1 aromatic carbocycles. The Bertz CT molecular complexity index is 856. The average molecular weight is 432 g/mol. The molecule has 1 aliphatic carbocycles. The lowest BCUT2D eigenvalue weighted by atomic mass is 10.0. The first-order valence-corrected chi connectivity index (χ1v) is 11.5. The van der Waals surface area contributed by atoms with E-state index in [0.29, 0.717) is 12.5 Å². The monoisotopic (exact) mass is 431 g/mol. The second kappa shape index (κ2) is 9.79. The molecule has 0 unspecified atom stereocenters. The first-order valence-electron chi connectivity index (χ1n) is 10.6. The molecule has 1 saturated carbocycles. The van der Waals surface area contributed by atoms with Crippen LogP contribution in [0.25, 0.3) is 10.4 Å². The van der Waals surface area contributed by atoms with Gasteiger partial charge in [0.2, 0.25) is 0 Å². The molecule has 6 nitrogen and oxygen atoms in total. The maximum Gasteiger partial charge on any atom is 0.407 e. The van der Waals surface area contributed by atoms with Gasteiger partial charge in [-0.15, -0.1) is 11.3 Å². The Morgan fingerprint density at radius 2 is 2.13 bits per heavy atom. The van der Waals surface area contributed by atoms with Gasteiger partial charge in [-0.05, 0) is 70.1 Å². The van der Waals surface area contributed by atoms with Crippen LogP contribution >= 0.6 is 11.3 Å². The van der Waals surface area contributed by atoms with E-state index in [1.165, 1.54) is 12.8 Å². The van der Waals surface area contributed by atoms with Crippen molar-refractivity contribution in [2.24, 2.45) is 5.92 Å². The molecule has 164 valence electrons. The summed E-state index contributed by atoms with van der Waals surface area (Å²) < 4.78 is 5.39. The molecule has 2 aromatic rings. The van der Waals surface area contributed by atoms with Gasteiger partial charge in [0.1, 0.15) is 5.60 Å². The lowest BCUT2D eigenvalue weighted by Gasteiger charge is -2.28. The van der Waals surface area contributed by atoms with Crippen molar-refractivity contribution in [3.05, 3.63) is 35.0 Å². The van der Waals surface area contributed by atoms with Crippen LogP contribution in [0.2, 0.25) is 0 Å². The molecule has 3 rings (SSSR count). The number of nitrogens with zero attached hydrogens (tertiary/aromatic N) is 2. The molecule has 0 aliphatic heterocycles. The van der Waals surface area contributed by atoms with Crippen molar-refractivity contribution >= 4 is 23.1 Å². The number of nitrogens with one attached hydrogen (secondary N) is 1. The molecule has 1 aromatic heterocycles. The number of aliphatic hydroxyl groups excluding tert-OH is 1. The van der Waals surface area contributed by atoms with E-state index in [2.05, 4.69) is 33.4 Å². The Morgan fingerprint density at radius 3 is 2.73 bits per heavy atom. The van der Waals surface area contributed by atoms with Crippen LogP contribution in [0.15, 0.2) is 23.7 Å². The standard InChI is InChI=1S/C23H33N3O3S/c1-16-21(30-15-25-16)18-8-9-19(13-24-22(28)29-23(2,3)4)20(12-18)26(10-5-11-27)14-17-6-7-17/h8-9,12,15,17,27H,5-7,10-11,13-14H2,1-4H3,(H,24,28). The van der Waals surface area contributed by atoms with Gasteiger partial charge in [-0.25, -0.2) is 9.78 Å². The van der Waals surface area contributed by atoms with Crippen LogP contribution in [-0.4, -0.2) is 41.5 Å². The van der Waals surface area contributed by atoms with Crippen molar-refractivity contribution in [3.63, 3.8) is 0 Å². The van der Waals surface area contributed by atoms with Gasteiger partial charge in [-0.2, -0.15) is 0 Å². The number of carbonyl (C=O) groups is 1. The molecule has 0 radical (unpaired) electrons. The minimum Gasteiger partial charge on any atom is -0.444 e. The van der Waals surface area contributed by atoms with Crippen molar-refractivity contribution in [2.75, 3.05) is 24.6 Å². The van der Waals surface area contributed by atoms with Gasteiger partial charge in [0, 0.05) is 31.9 Å². The smallest absolute Gasteiger partial charge is 0.407 e. The lowest BCUT2D eigenvalue weighted by Crippen LogP contribution is -2.33. The zero-order chi connectivity index (χ0) is 21.7. The van der Waals surface area contributed by atoms with Crippen LogP contribution in [0.1, 0.15) is 51.3 Å². The number of rotatable bonds is 9. The SMILES string of the molecule is Cc1ncsc1-c1ccc(CNC(=O)OC(C)(C)C)c(N(CCCO)CC2CC2)c1. The Morgan fingerprint density at radius 1 is 1.37 bits per heavy atom. The molecular formula is C23H33N3O3S. The molecule has 1 amide bonds. The van der Waals surface area contributed by atoms with Crippen LogP contribution in [-0.2, 0) is 11.3 Å². The molecule has 1 fully saturated rings. The largest absolute Gasteiger partial charge is 0.444 e. The van der Waals surface area contributed by atoms with Crippen molar-refractivity contribution in [1.82, 2.24) is 10.3 Å². The number of benzene rings is 1. The number of thiazole rings is 1. The number of hydrogen-bond acceptors (Lipinski definition) is 6. The van der Waals surface area contributed by atoms with Gasteiger partial charge in [0.15, 0.2) is 0 Å². The normalized spacial score (nSPS) is 13.9. The van der Waals surface area contributed by atoms with Crippen LogP contribution in [0.3, 0.4) is 0 Å². The lowest BCUT2D eigenvalue weighted by molar-refractivity contribution is 0.0523. The summed E-state index contributed by atoms with van der Waals surface area (Å²) in [6, 6.07) is 6.38. The topological polar surface area (TPSA) is 74.7 Å². The van der Waals surface area contributed by atoms with E-state index in [1.54, 1.807) is 11.3 Å². The second-order valence-corrected chi connectivity index (χ2v) is 9.79. The molecule has 1 aliphatic rings. The summed E-state index contributed by atoms with van der Waals surface area (Å²) in [5.41, 5.74) is 5.66. The van der Waals surface area contributed by atoms with Crippen LogP contribution in [0, 0.1) is 12.8 Å². The molecule has 0 bridgehead atoms. The maximum atomic E-state index is 12.2. The van der Waals surface area contributed by atoms with Gasteiger partial charge in [-0.3, -0.25) is 0 Å². The summed E-state index contributed by atoms with van der Waals surface area (Å²) in [7, 11) is 0. The molecule has 7 heteroatoms. The fraction of sp³-hybridized carbons (Fsp3) is 0.565. The number of ether oxygens (including phenoxy) is 1. The van der Waals surface area contributed by atoms with Gasteiger partial charge in [0.05, 0.1) is 16.1 Å². The minimum absolute atomic E-state index is 0.167. The highest BCUT2D eigenvalue weighted by atomic mass is 32.1. The van der Waals surface area contributed by atoms with E-state index in [-0.39, 0.29) is 6.61 Å². The first kappa shape index (κ1) is 22.6. The molecule has 1 heterocycles. The second-order valence-electron chi connectivity index (χ2n) is 8.93. The number of hydrogen-bond donors (Lipinski definition) is 2. The van der Waals surface area contributed by atoms with Crippen molar-refractivity contribution < 1.29 is 14.6 Å². The molecule has 2 N–H and O–H groups in total. The summed E-state index contributed by atoms with van der Waals surface area (Å²) in [5.74, 6) is 0.712. The Hall–Kier alpha value is -2.12. The third-order valence-electron chi connectivity index (χ3n) is 5.02. The summed E-state index contributed by atoms with van der Waals surface area (Å²) in [6.07, 6.45) is 2.82. The highest BCUT2D eigenvalue weighted by Gasteiger charge is 2.26. The zero-order valence-electron chi connectivity index (χ0n) is 18.4. The number of aliphatic hydroxyl groups is 1. The third kappa shape index (κ3) is 6.44. The van der Waals surface area contributed by atoms with Crippen LogP contribution < -0.4 is 10.2 Å². The Balaban J connectivity index is 1.87. The highest BCUT2D eigenvalue weighted by Crippen LogP contribution is 2.36. The quantitative estimate of drug-likeness (QED) is 0.600.